The van der Waals surface area contributed by atoms with Crippen molar-refractivity contribution in [1.29, 1.82) is 0 Å². The highest BCUT2D eigenvalue weighted by atomic mass is 28.4. The molecule has 0 radical (unpaired) electrons. The van der Waals surface area contributed by atoms with Gasteiger partial charge in [0, 0.05) is 83.4 Å². The zero-order chi connectivity index (χ0) is 35.8. The van der Waals surface area contributed by atoms with Gasteiger partial charge in [0.25, 0.3) is 0 Å². The summed E-state index contributed by atoms with van der Waals surface area (Å²) in [4.78, 5) is 0. The van der Waals surface area contributed by atoms with E-state index in [-0.39, 0.29) is 9.52 Å². The Hall–Kier alpha value is 0.428. The van der Waals surface area contributed by atoms with Gasteiger partial charge in [-0.2, -0.15) is 0 Å². The van der Waals surface area contributed by atoms with E-state index in [9.17, 15) is 0 Å². The Labute approximate surface area is 301 Å². The summed E-state index contributed by atoms with van der Waals surface area (Å²) < 4.78 is 54.5. The Morgan fingerprint density at radius 1 is 0.375 bits per heavy atom. The molecule has 0 unspecified atom stereocenters. The lowest BCUT2D eigenvalue weighted by molar-refractivity contribution is 0.0698. The summed E-state index contributed by atoms with van der Waals surface area (Å²) in [6.45, 7) is 25.6. The van der Waals surface area contributed by atoms with E-state index in [1.54, 1.807) is 0 Å². The molecule has 0 saturated carbocycles. The third kappa shape index (κ3) is 22.4. The molecule has 0 bridgehead atoms. The maximum atomic E-state index is 6.08. The van der Waals surface area contributed by atoms with Gasteiger partial charge >= 0.3 is 26.4 Å². The SMILES string of the molecule is CCO[Si](CCCCCCCC[SiH2]C(NCCC[Si](OCC)(OCC)OCC)NCCC[Si](OCC)(OCC)OCC)(OCC)OCC. The minimum absolute atomic E-state index is 0.368. The predicted octanol–water partition coefficient (Wildman–Crippen LogP) is 6.30. The van der Waals surface area contributed by atoms with Gasteiger partial charge in [-0.25, -0.2) is 0 Å². The first kappa shape index (κ1) is 48.4. The zero-order valence-electron chi connectivity index (χ0n) is 32.7. The van der Waals surface area contributed by atoms with Gasteiger partial charge in [-0.05, 0) is 94.7 Å². The molecule has 0 atom stereocenters. The van der Waals surface area contributed by atoms with E-state index in [1.165, 1.54) is 38.1 Å². The summed E-state index contributed by atoms with van der Waals surface area (Å²) in [5.41, 5.74) is 0. The molecule has 0 aliphatic rings. The summed E-state index contributed by atoms with van der Waals surface area (Å²) in [5.74, 6) is 0.378. The zero-order valence-corrected chi connectivity index (χ0v) is 37.1. The molecule has 0 aromatic heterocycles. The van der Waals surface area contributed by atoms with Crippen molar-refractivity contribution in [2.45, 2.75) is 144 Å². The van der Waals surface area contributed by atoms with Crippen LogP contribution in [0.15, 0.2) is 0 Å². The van der Waals surface area contributed by atoms with Gasteiger partial charge in [0.1, 0.15) is 0 Å². The predicted molar refractivity (Wildman–Crippen MR) is 206 cm³/mol. The van der Waals surface area contributed by atoms with Crippen molar-refractivity contribution in [3.63, 3.8) is 0 Å². The van der Waals surface area contributed by atoms with Crippen LogP contribution in [0.1, 0.15) is 114 Å². The molecule has 2 N–H and O–H groups in total. The highest BCUT2D eigenvalue weighted by Gasteiger charge is 2.41. The van der Waals surface area contributed by atoms with E-state index in [2.05, 4.69) is 10.6 Å². The molecule has 0 aromatic rings. The molecule has 0 aliphatic carbocycles. The van der Waals surface area contributed by atoms with Gasteiger partial charge < -0.3 is 50.5 Å². The van der Waals surface area contributed by atoms with Crippen LogP contribution in [0.4, 0.5) is 0 Å². The van der Waals surface area contributed by atoms with Crippen molar-refractivity contribution in [3.05, 3.63) is 0 Å². The Bertz CT molecular complexity index is 622. The van der Waals surface area contributed by atoms with Gasteiger partial charge in [-0.3, -0.25) is 0 Å². The molecule has 48 heavy (non-hydrogen) atoms. The maximum Gasteiger partial charge on any atom is 0.500 e. The number of hydrogen-bond donors (Lipinski definition) is 2. The number of unbranched alkanes of at least 4 members (excludes halogenated alkanes) is 5. The highest BCUT2D eigenvalue weighted by molar-refractivity contribution is 6.61. The minimum atomic E-state index is -2.62. The smallest absolute Gasteiger partial charge is 0.374 e. The van der Waals surface area contributed by atoms with Crippen molar-refractivity contribution < 1.29 is 39.8 Å². The summed E-state index contributed by atoms with van der Waals surface area (Å²) in [6.07, 6.45) is 9.37. The van der Waals surface area contributed by atoms with Crippen molar-refractivity contribution in [1.82, 2.24) is 10.6 Å². The fourth-order valence-corrected chi connectivity index (χ4v) is 15.8. The topological polar surface area (TPSA) is 107 Å². The Kier molecular flexibility index (Phi) is 32.4. The molecule has 15 heteroatoms. The van der Waals surface area contributed by atoms with Crippen molar-refractivity contribution in [2.75, 3.05) is 72.6 Å². The normalized spacial score (nSPS) is 13.1. The number of rotatable bonds is 38. The molecule has 0 rings (SSSR count). The molecule has 0 fully saturated rings. The number of nitrogens with one attached hydrogen (secondary N) is 2. The van der Waals surface area contributed by atoms with E-state index in [0.29, 0.717) is 65.3 Å². The molecule has 0 saturated heterocycles. The second-order valence-corrected chi connectivity index (χ2v) is 21.9. The lowest BCUT2D eigenvalue weighted by atomic mass is 10.1. The Balaban J connectivity index is 4.90. The van der Waals surface area contributed by atoms with Crippen molar-refractivity contribution in [2.24, 2.45) is 0 Å². The number of hydrogen-bond acceptors (Lipinski definition) is 11. The molecule has 0 aliphatic heterocycles. The van der Waals surface area contributed by atoms with Crippen LogP contribution < -0.4 is 10.6 Å². The first-order chi connectivity index (χ1) is 23.3. The second-order valence-electron chi connectivity index (χ2n) is 11.6. The summed E-state index contributed by atoms with van der Waals surface area (Å²) in [6, 6.07) is 3.91. The van der Waals surface area contributed by atoms with Gasteiger partial charge in [0.15, 0.2) is 0 Å². The minimum Gasteiger partial charge on any atom is -0.374 e. The van der Waals surface area contributed by atoms with E-state index < -0.39 is 26.4 Å². The van der Waals surface area contributed by atoms with Crippen LogP contribution in [0, 0.1) is 0 Å². The van der Waals surface area contributed by atoms with Crippen molar-refractivity contribution in [3.8, 4) is 0 Å². The molecule has 290 valence electrons. The van der Waals surface area contributed by atoms with Crippen LogP contribution in [-0.4, -0.2) is 114 Å². The molecule has 0 spiro atoms. The van der Waals surface area contributed by atoms with E-state index in [4.69, 9.17) is 39.8 Å². The molecular formula is C33H78N2O9Si4. The van der Waals surface area contributed by atoms with Crippen LogP contribution >= 0.6 is 0 Å². The van der Waals surface area contributed by atoms with Gasteiger partial charge in [-0.15, -0.1) is 0 Å². The van der Waals surface area contributed by atoms with Crippen molar-refractivity contribution >= 4 is 35.9 Å². The monoisotopic (exact) mass is 758 g/mol. The third-order valence-corrected chi connectivity index (χ3v) is 19.4. The third-order valence-electron chi connectivity index (χ3n) is 7.85. The molecular weight excluding hydrogens is 681 g/mol. The first-order valence-corrected chi connectivity index (χ1v) is 27.2. The van der Waals surface area contributed by atoms with Crippen LogP contribution in [-0.2, 0) is 39.8 Å². The summed E-state index contributed by atoms with van der Waals surface area (Å²) >= 11 is 0. The van der Waals surface area contributed by atoms with Crippen LogP contribution in [0.25, 0.3) is 0 Å². The highest BCUT2D eigenvalue weighted by Crippen LogP contribution is 2.22. The van der Waals surface area contributed by atoms with Gasteiger partial charge in [0.05, 0.1) is 9.52 Å². The largest absolute Gasteiger partial charge is 0.500 e. The second kappa shape index (κ2) is 32.1. The lowest BCUT2D eigenvalue weighted by Crippen LogP contribution is -2.50. The molecule has 0 amide bonds. The molecule has 0 heterocycles. The Morgan fingerprint density at radius 2 is 0.646 bits per heavy atom. The van der Waals surface area contributed by atoms with Gasteiger partial charge in [0.2, 0.25) is 0 Å². The maximum absolute atomic E-state index is 6.08. The lowest BCUT2D eigenvalue weighted by Gasteiger charge is -2.29. The van der Waals surface area contributed by atoms with E-state index in [1.807, 2.05) is 62.3 Å². The fourth-order valence-electron chi connectivity index (χ4n) is 6.02. The average molecular weight is 759 g/mol. The first-order valence-electron chi connectivity index (χ1n) is 19.6. The van der Waals surface area contributed by atoms with Crippen LogP contribution in [0.5, 0.6) is 0 Å². The van der Waals surface area contributed by atoms with E-state index >= 15 is 0 Å². The standard InChI is InChI=1S/C33H78N2O9Si4/c1-10-36-46(37-11-2,38-12-3)30-24-22-20-19-21-23-29-45-33(34-27-25-31-47(39-13-4,40-14-5)41-15-6)35-28-26-32-48(42-16-7,43-17-8)44-18-9/h33-35H,10-32,45H2,1-9H3. The van der Waals surface area contributed by atoms with Crippen LogP contribution in [0.2, 0.25) is 24.2 Å². The summed E-state index contributed by atoms with van der Waals surface area (Å²) in [7, 11) is -8.12. The quantitative estimate of drug-likeness (QED) is 0.0421. The van der Waals surface area contributed by atoms with E-state index in [0.717, 1.165) is 50.5 Å². The van der Waals surface area contributed by atoms with Crippen LogP contribution in [0.3, 0.4) is 0 Å². The van der Waals surface area contributed by atoms with Gasteiger partial charge in [-0.1, -0.05) is 38.1 Å². The average Bonchev–Trinajstić information content (AvgIpc) is 3.05. The summed E-state index contributed by atoms with van der Waals surface area (Å²) in [5, 5.41) is 7.70. The Morgan fingerprint density at radius 3 is 0.958 bits per heavy atom. The molecule has 0 aromatic carbocycles. The molecule has 11 nitrogen and oxygen atoms in total. The fraction of sp³-hybridized carbons (Fsp3) is 1.00.